The van der Waals surface area contributed by atoms with Crippen LogP contribution in [0.2, 0.25) is 10.0 Å². The highest BCUT2D eigenvalue weighted by Crippen LogP contribution is 2.25. The van der Waals surface area contributed by atoms with Gasteiger partial charge < -0.3 is 9.30 Å². The molecule has 0 saturated heterocycles. The Kier molecular flexibility index (Phi) is 7.73. The predicted octanol–water partition coefficient (Wildman–Crippen LogP) is 4.52. The topological polar surface area (TPSA) is 81.4 Å². The molecule has 3 aromatic rings. The van der Waals surface area contributed by atoms with Gasteiger partial charge in [0.1, 0.15) is 5.75 Å². The molecule has 0 bridgehead atoms. The number of aromatic nitrogens is 3. The second-order valence-corrected chi connectivity index (χ2v) is 7.81. The third kappa shape index (κ3) is 5.53. The Hall–Kier alpha value is -2.55. The predicted molar refractivity (Wildman–Crippen MR) is 121 cm³/mol. The Morgan fingerprint density at radius 3 is 2.67 bits per heavy atom. The number of hydrogen-bond donors (Lipinski definition) is 1. The Labute approximate surface area is 188 Å². The lowest BCUT2D eigenvalue weighted by Gasteiger charge is -2.07. The number of rotatable bonds is 8. The van der Waals surface area contributed by atoms with Gasteiger partial charge in [0.05, 0.1) is 24.1 Å². The van der Waals surface area contributed by atoms with Gasteiger partial charge in [-0.3, -0.25) is 4.79 Å². The minimum absolute atomic E-state index is 0.145. The van der Waals surface area contributed by atoms with Gasteiger partial charge in [0.2, 0.25) is 0 Å². The average Bonchev–Trinajstić information content (AvgIpc) is 3.16. The molecule has 3 rings (SSSR count). The lowest BCUT2D eigenvalue weighted by molar-refractivity contribution is -0.118. The van der Waals surface area contributed by atoms with Crippen molar-refractivity contribution in [2.24, 2.45) is 5.10 Å². The second kappa shape index (κ2) is 10.5. The molecule has 1 heterocycles. The molecule has 7 nitrogen and oxygen atoms in total. The number of benzene rings is 2. The number of nitrogens with one attached hydrogen (secondary N) is 1. The Morgan fingerprint density at radius 1 is 1.23 bits per heavy atom. The van der Waals surface area contributed by atoms with Crippen molar-refractivity contribution < 1.29 is 9.53 Å². The van der Waals surface area contributed by atoms with Crippen LogP contribution in [-0.4, -0.2) is 39.7 Å². The summed E-state index contributed by atoms with van der Waals surface area (Å²) in [6.07, 6.45) is 1.47. The van der Waals surface area contributed by atoms with E-state index in [1.54, 1.807) is 25.3 Å². The van der Waals surface area contributed by atoms with Crippen molar-refractivity contribution in [1.29, 1.82) is 0 Å². The lowest BCUT2D eigenvalue weighted by Crippen LogP contribution is -2.20. The molecule has 0 radical (unpaired) electrons. The number of thioether (sulfide) groups is 1. The van der Waals surface area contributed by atoms with Crippen LogP contribution in [0.5, 0.6) is 5.75 Å². The van der Waals surface area contributed by atoms with Crippen molar-refractivity contribution in [2.45, 2.75) is 18.6 Å². The number of methoxy groups -OCH3 is 1. The third-order valence-electron chi connectivity index (χ3n) is 4.07. The standard InChI is InChI=1S/C20H19Cl2N5O2S/c1-3-27-19(13-5-8-16(29-2)9-6-13)25-26-20(27)30-12-18(28)24-23-11-14-4-7-15(21)10-17(14)22/h4-11H,3,12H2,1-2H3,(H,24,28). The SMILES string of the molecule is CCn1c(SCC(=O)NN=Cc2ccc(Cl)cc2Cl)nnc1-c1ccc(OC)cc1. The highest BCUT2D eigenvalue weighted by molar-refractivity contribution is 7.99. The Morgan fingerprint density at radius 2 is 2.00 bits per heavy atom. The summed E-state index contributed by atoms with van der Waals surface area (Å²) < 4.78 is 7.14. The van der Waals surface area contributed by atoms with E-state index in [1.807, 2.05) is 35.8 Å². The summed E-state index contributed by atoms with van der Waals surface area (Å²) in [4.78, 5) is 12.1. The zero-order valence-corrected chi connectivity index (χ0v) is 18.6. The molecule has 0 unspecified atom stereocenters. The lowest BCUT2D eigenvalue weighted by atomic mass is 10.2. The number of nitrogens with zero attached hydrogens (tertiary/aromatic N) is 4. The Balaban J connectivity index is 1.60. The van der Waals surface area contributed by atoms with E-state index in [0.717, 1.165) is 17.1 Å². The average molecular weight is 464 g/mol. The van der Waals surface area contributed by atoms with Gasteiger partial charge in [0.15, 0.2) is 11.0 Å². The summed E-state index contributed by atoms with van der Waals surface area (Å²) in [6, 6.07) is 12.6. The molecule has 0 aliphatic heterocycles. The van der Waals surface area contributed by atoms with Crippen LogP contribution >= 0.6 is 35.0 Å². The zero-order valence-electron chi connectivity index (χ0n) is 16.3. The van der Waals surface area contributed by atoms with E-state index >= 15 is 0 Å². The second-order valence-electron chi connectivity index (χ2n) is 6.03. The molecule has 1 N–H and O–H groups in total. The summed E-state index contributed by atoms with van der Waals surface area (Å²) >= 11 is 13.2. The number of hydrazone groups is 1. The Bertz CT molecular complexity index is 1050. The summed E-state index contributed by atoms with van der Waals surface area (Å²) in [7, 11) is 1.62. The first-order chi connectivity index (χ1) is 14.5. The molecule has 156 valence electrons. The van der Waals surface area contributed by atoms with Crippen molar-refractivity contribution in [1.82, 2.24) is 20.2 Å². The highest BCUT2D eigenvalue weighted by Gasteiger charge is 2.14. The van der Waals surface area contributed by atoms with Crippen LogP contribution in [-0.2, 0) is 11.3 Å². The largest absolute Gasteiger partial charge is 0.497 e. The van der Waals surface area contributed by atoms with Crippen LogP contribution < -0.4 is 10.2 Å². The monoisotopic (exact) mass is 463 g/mol. The molecule has 0 fully saturated rings. The normalized spacial score (nSPS) is 11.1. The van der Waals surface area contributed by atoms with Gasteiger partial charge in [-0.1, -0.05) is 41.0 Å². The first-order valence-corrected chi connectivity index (χ1v) is 10.7. The number of carbonyl (C=O) groups excluding carboxylic acids is 1. The van der Waals surface area contributed by atoms with Gasteiger partial charge in [-0.2, -0.15) is 5.10 Å². The molecule has 30 heavy (non-hydrogen) atoms. The first kappa shape index (κ1) is 22.1. The third-order valence-corrected chi connectivity index (χ3v) is 5.60. The van der Waals surface area contributed by atoms with Crippen molar-refractivity contribution in [3.8, 4) is 17.1 Å². The molecule has 0 atom stereocenters. The van der Waals surface area contributed by atoms with E-state index in [4.69, 9.17) is 27.9 Å². The zero-order chi connectivity index (χ0) is 21.5. The van der Waals surface area contributed by atoms with Crippen LogP contribution in [0.1, 0.15) is 12.5 Å². The fraction of sp³-hybridized carbons (Fsp3) is 0.200. The minimum Gasteiger partial charge on any atom is -0.497 e. The van der Waals surface area contributed by atoms with E-state index in [9.17, 15) is 4.79 Å². The molecule has 0 aliphatic carbocycles. The van der Waals surface area contributed by atoms with Crippen LogP contribution in [0.4, 0.5) is 0 Å². The number of carbonyl (C=O) groups is 1. The van der Waals surface area contributed by atoms with Gasteiger partial charge in [-0.25, -0.2) is 5.43 Å². The van der Waals surface area contributed by atoms with Crippen molar-refractivity contribution in [3.05, 3.63) is 58.1 Å². The van der Waals surface area contributed by atoms with Gasteiger partial charge in [-0.15, -0.1) is 10.2 Å². The number of ether oxygens (including phenoxy) is 1. The maximum absolute atomic E-state index is 12.1. The van der Waals surface area contributed by atoms with Crippen molar-refractivity contribution in [2.75, 3.05) is 12.9 Å². The molecule has 0 aliphatic rings. The van der Waals surface area contributed by atoms with Gasteiger partial charge in [-0.05, 0) is 43.3 Å². The number of halogens is 2. The number of amides is 1. The molecule has 0 spiro atoms. The first-order valence-electron chi connectivity index (χ1n) is 8.99. The fourth-order valence-corrected chi connectivity index (χ4v) is 3.83. The maximum Gasteiger partial charge on any atom is 0.250 e. The fourth-order valence-electron chi connectivity index (χ4n) is 2.58. The number of hydrogen-bond acceptors (Lipinski definition) is 6. The van der Waals surface area contributed by atoms with Gasteiger partial charge in [0.25, 0.3) is 5.91 Å². The van der Waals surface area contributed by atoms with E-state index in [0.29, 0.717) is 27.3 Å². The molecular weight excluding hydrogens is 445 g/mol. The van der Waals surface area contributed by atoms with E-state index in [1.165, 1.54) is 18.0 Å². The summed E-state index contributed by atoms with van der Waals surface area (Å²) in [5.41, 5.74) is 4.06. The molecule has 10 heteroatoms. The summed E-state index contributed by atoms with van der Waals surface area (Å²) in [6.45, 7) is 2.67. The quantitative estimate of drug-likeness (QED) is 0.301. The molecule has 1 amide bonds. The highest BCUT2D eigenvalue weighted by atomic mass is 35.5. The van der Waals surface area contributed by atoms with Crippen molar-refractivity contribution in [3.63, 3.8) is 0 Å². The summed E-state index contributed by atoms with van der Waals surface area (Å²) in [5, 5.41) is 14.1. The van der Waals surface area contributed by atoms with Crippen LogP contribution in [0.15, 0.2) is 52.7 Å². The molecule has 1 aromatic heterocycles. The van der Waals surface area contributed by atoms with Gasteiger partial charge >= 0.3 is 0 Å². The molecule has 2 aromatic carbocycles. The van der Waals surface area contributed by atoms with Gasteiger partial charge in [0, 0.05) is 22.7 Å². The van der Waals surface area contributed by atoms with Crippen molar-refractivity contribution >= 4 is 47.1 Å². The van der Waals surface area contributed by atoms with Crippen LogP contribution in [0, 0.1) is 0 Å². The van der Waals surface area contributed by atoms with E-state index in [2.05, 4.69) is 20.7 Å². The van der Waals surface area contributed by atoms with E-state index in [-0.39, 0.29) is 11.7 Å². The molecule has 0 saturated carbocycles. The molecular formula is C20H19Cl2N5O2S. The van der Waals surface area contributed by atoms with Crippen LogP contribution in [0.3, 0.4) is 0 Å². The maximum atomic E-state index is 12.1. The smallest absolute Gasteiger partial charge is 0.250 e. The summed E-state index contributed by atoms with van der Waals surface area (Å²) in [5.74, 6) is 1.39. The minimum atomic E-state index is -0.266. The van der Waals surface area contributed by atoms with E-state index < -0.39 is 0 Å². The van der Waals surface area contributed by atoms with Crippen LogP contribution in [0.25, 0.3) is 11.4 Å².